The lowest BCUT2D eigenvalue weighted by molar-refractivity contribution is -0.00105. The molecule has 2 aliphatic rings. The van der Waals surface area contributed by atoms with Crippen LogP contribution in [0.4, 0.5) is 0 Å². The van der Waals surface area contributed by atoms with Crippen LogP contribution in [0.25, 0.3) is 0 Å². The molecule has 0 amide bonds. The summed E-state index contributed by atoms with van der Waals surface area (Å²) in [7, 11) is -2.94. The maximum absolute atomic E-state index is 12.2. The fourth-order valence-corrected chi connectivity index (χ4v) is 6.20. The average molecular weight is 274 g/mol. The molecule has 0 aromatic heterocycles. The zero-order valence-electron chi connectivity index (χ0n) is 11.6. The van der Waals surface area contributed by atoms with Crippen molar-refractivity contribution in [3.63, 3.8) is 0 Å². The highest BCUT2D eigenvalue weighted by Crippen LogP contribution is 2.43. The first-order valence-corrected chi connectivity index (χ1v) is 8.89. The monoisotopic (exact) mass is 274 g/mol. The predicted molar refractivity (Wildman–Crippen MR) is 73.2 cm³/mol. The van der Waals surface area contributed by atoms with Crippen molar-refractivity contribution in [3.05, 3.63) is 0 Å². The number of aliphatic hydroxyl groups is 1. The zero-order valence-corrected chi connectivity index (χ0v) is 12.4. The molecule has 2 aliphatic heterocycles. The van der Waals surface area contributed by atoms with E-state index in [1.54, 1.807) is 0 Å². The van der Waals surface area contributed by atoms with Crippen molar-refractivity contribution in [1.29, 1.82) is 0 Å². The summed E-state index contributed by atoms with van der Waals surface area (Å²) in [5.41, 5.74) is -0.712. The van der Waals surface area contributed by atoms with Gasteiger partial charge in [0, 0.05) is 0 Å². The van der Waals surface area contributed by atoms with E-state index in [1.807, 2.05) is 0 Å². The Morgan fingerprint density at radius 1 is 1.22 bits per heavy atom. The van der Waals surface area contributed by atoms with Gasteiger partial charge < -0.3 is 5.11 Å². The van der Waals surface area contributed by atoms with E-state index in [2.05, 4.69) is 13.8 Å². The maximum atomic E-state index is 12.2. The van der Waals surface area contributed by atoms with E-state index in [4.69, 9.17) is 0 Å². The number of hydrogen-bond acceptors (Lipinski definition) is 3. The van der Waals surface area contributed by atoms with E-state index in [0.717, 1.165) is 38.5 Å². The highest BCUT2D eigenvalue weighted by Gasteiger charge is 2.49. The van der Waals surface area contributed by atoms with Gasteiger partial charge in [0.2, 0.25) is 0 Å². The average Bonchev–Trinajstić information content (AvgIpc) is 2.20. The third kappa shape index (κ3) is 2.90. The Kier molecular flexibility index (Phi) is 4.07. The van der Waals surface area contributed by atoms with Crippen LogP contribution in [0.5, 0.6) is 0 Å². The predicted octanol–water partition coefficient (Wildman–Crippen LogP) is 2.67. The molecule has 0 radical (unpaired) electrons. The van der Waals surface area contributed by atoms with Crippen molar-refractivity contribution in [2.24, 2.45) is 5.92 Å². The molecule has 0 spiro atoms. The Labute approximate surface area is 111 Å². The summed E-state index contributed by atoms with van der Waals surface area (Å²) in [6.45, 7) is 4.37. The van der Waals surface area contributed by atoms with Crippen molar-refractivity contribution < 1.29 is 13.5 Å². The van der Waals surface area contributed by atoms with Gasteiger partial charge in [-0.1, -0.05) is 33.1 Å². The minimum absolute atomic E-state index is 0.269. The van der Waals surface area contributed by atoms with Crippen LogP contribution in [0.3, 0.4) is 0 Å². The Morgan fingerprint density at radius 3 is 2.28 bits per heavy atom. The van der Waals surface area contributed by atoms with E-state index in [0.29, 0.717) is 18.8 Å². The molecule has 3 nitrogen and oxygen atoms in total. The first-order chi connectivity index (χ1) is 8.33. The van der Waals surface area contributed by atoms with E-state index < -0.39 is 15.4 Å². The highest BCUT2D eigenvalue weighted by molar-refractivity contribution is 7.92. The lowest BCUT2D eigenvalue weighted by atomic mass is 9.81. The van der Waals surface area contributed by atoms with E-state index >= 15 is 0 Å². The summed E-state index contributed by atoms with van der Waals surface area (Å²) in [6, 6.07) is 0. The van der Waals surface area contributed by atoms with Crippen LogP contribution in [0, 0.1) is 5.92 Å². The normalized spacial score (nSPS) is 38.9. The first kappa shape index (κ1) is 14.3. The molecule has 2 rings (SSSR count). The van der Waals surface area contributed by atoms with Crippen molar-refractivity contribution >= 4 is 9.84 Å². The molecule has 0 saturated carbocycles. The van der Waals surface area contributed by atoms with E-state index in [1.165, 1.54) is 0 Å². The summed E-state index contributed by atoms with van der Waals surface area (Å²) < 4.78 is 24.3. The number of hydrogen-bond donors (Lipinski definition) is 1. The van der Waals surface area contributed by atoms with Crippen LogP contribution in [-0.4, -0.2) is 29.6 Å². The van der Waals surface area contributed by atoms with Gasteiger partial charge in [0.25, 0.3) is 0 Å². The fourth-order valence-electron chi connectivity index (χ4n) is 3.58. The molecule has 2 unspecified atom stereocenters. The van der Waals surface area contributed by atoms with Crippen LogP contribution in [0.1, 0.15) is 65.2 Å². The van der Waals surface area contributed by atoms with Crippen LogP contribution in [0.15, 0.2) is 0 Å². The molecule has 4 heteroatoms. The molecule has 2 heterocycles. The lowest BCUT2D eigenvalue weighted by Crippen LogP contribution is -2.51. The summed E-state index contributed by atoms with van der Waals surface area (Å²) in [6.07, 6.45) is 6.37. The Hall–Kier alpha value is -0.0900. The largest absolute Gasteiger partial charge is 0.390 e. The number of fused-ring (bicyclic) bond motifs is 2. The van der Waals surface area contributed by atoms with Gasteiger partial charge in [-0.3, -0.25) is 0 Å². The Morgan fingerprint density at radius 2 is 1.78 bits per heavy atom. The second kappa shape index (κ2) is 5.12. The summed E-state index contributed by atoms with van der Waals surface area (Å²) in [5.74, 6) is 0.653. The van der Waals surface area contributed by atoms with Gasteiger partial charge in [0.15, 0.2) is 9.84 Å². The highest BCUT2D eigenvalue weighted by atomic mass is 32.2. The third-order valence-corrected chi connectivity index (χ3v) is 7.28. The Balaban J connectivity index is 2.00. The molecule has 1 N–H and O–H groups in total. The SMILES string of the molecule is CC(C)CCCC1(O)CC2CCCC(C1)S2(=O)=O. The molecule has 0 aromatic rings. The minimum atomic E-state index is -2.94. The second-order valence-corrected chi connectivity index (χ2v) is 9.19. The molecule has 2 saturated heterocycles. The van der Waals surface area contributed by atoms with Crippen molar-refractivity contribution in [3.8, 4) is 0 Å². The zero-order chi connectivity index (χ0) is 13.4. The second-order valence-electron chi connectivity index (χ2n) is 6.68. The van der Waals surface area contributed by atoms with E-state index in [-0.39, 0.29) is 10.5 Å². The summed E-state index contributed by atoms with van der Waals surface area (Å²) >= 11 is 0. The molecule has 2 fully saturated rings. The van der Waals surface area contributed by atoms with Crippen molar-refractivity contribution in [2.45, 2.75) is 81.3 Å². The van der Waals surface area contributed by atoms with Gasteiger partial charge in [-0.2, -0.15) is 0 Å². The van der Waals surface area contributed by atoms with Gasteiger partial charge in [-0.05, 0) is 38.0 Å². The summed E-state index contributed by atoms with van der Waals surface area (Å²) in [5, 5.41) is 10.1. The molecule has 18 heavy (non-hydrogen) atoms. The third-order valence-electron chi connectivity index (χ3n) is 4.62. The molecular formula is C14H26O3S. The van der Waals surface area contributed by atoms with E-state index in [9.17, 15) is 13.5 Å². The topological polar surface area (TPSA) is 54.4 Å². The van der Waals surface area contributed by atoms with Gasteiger partial charge in [-0.15, -0.1) is 0 Å². The van der Waals surface area contributed by atoms with Gasteiger partial charge in [0.1, 0.15) is 0 Å². The number of sulfone groups is 1. The minimum Gasteiger partial charge on any atom is -0.390 e. The molecule has 2 bridgehead atoms. The van der Waals surface area contributed by atoms with Gasteiger partial charge in [-0.25, -0.2) is 8.42 Å². The van der Waals surface area contributed by atoms with Crippen LogP contribution in [0.2, 0.25) is 0 Å². The molecule has 0 aromatic carbocycles. The standard InChI is InChI=1S/C14H26O3S/c1-11(2)5-4-8-14(15)9-12-6-3-7-13(10-14)18(12,16)17/h11-13,15H,3-10H2,1-2H3. The molecule has 106 valence electrons. The van der Waals surface area contributed by atoms with Crippen molar-refractivity contribution in [2.75, 3.05) is 0 Å². The molecule has 2 atom stereocenters. The van der Waals surface area contributed by atoms with Gasteiger partial charge >= 0.3 is 0 Å². The maximum Gasteiger partial charge on any atom is 0.156 e. The Bertz CT molecular complexity index is 366. The quantitative estimate of drug-likeness (QED) is 0.857. The number of rotatable bonds is 4. The fraction of sp³-hybridized carbons (Fsp3) is 1.00. The van der Waals surface area contributed by atoms with Crippen LogP contribution in [-0.2, 0) is 9.84 Å². The van der Waals surface area contributed by atoms with Gasteiger partial charge in [0.05, 0.1) is 16.1 Å². The van der Waals surface area contributed by atoms with Crippen LogP contribution < -0.4 is 0 Å². The first-order valence-electron chi connectivity index (χ1n) is 7.28. The lowest BCUT2D eigenvalue weighted by Gasteiger charge is -2.44. The smallest absolute Gasteiger partial charge is 0.156 e. The van der Waals surface area contributed by atoms with Crippen molar-refractivity contribution in [1.82, 2.24) is 0 Å². The summed E-state index contributed by atoms with van der Waals surface area (Å²) in [4.78, 5) is 0. The molecular weight excluding hydrogens is 248 g/mol. The molecule has 0 aliphatic carbocycles. The van der Waals surface area contributed by atoms with Crippen LogP contribution >= 0.6 is 0 Å².